The Morgan fingerprint density at radius 1 is 1.03 bits per heavy atom. The highest BCUT2D eigenvalue weighted by Gasteiger charge is 2.11. The Balaban J connectivity index is 1.52. The monoisotopic (exact) mass is 393 g/mol. The molecule has 3 rings (SSSR count). The van der Waals surface area contributed by atoms with E-state index < -0.39 is 0 Å². The SMILES string of the molecule is CC(C)Oc1ccc(C(=O)NCc2nc(Cc3ccc(C(C)C)cc3)no2)cc1. The van der Waals surface area contributed by atoms with Gasteiger partial charge in [-0.2, -0.15) is 4.98 Å². The molecule has 0 saturated heterocycles. The molecule has 0 spiro atoms. The van der Waals surface area contributed by atoms with Gasteiger partial charge in [-0.1, -0.05) is 43.3 Å². The molecule has 0 aliphatic rings. The third kappa shape index (κ3) is 5.91. The molecule has 0 atom stereocenters. The van der Waals surface area contributed by atoms with Gasteiger partial charge in [-0.05, 0) is 55.2 Å². The number of hydrogen-bond donors (Lipinski definition) is 1. The van der Waals surface area contributed by atoms with Gasteiger partial charge < -0.3 is 14.6 Å². The van der Waals surface area contributed by atoms with E-state index in [0.29, 0.717) is 29.6 Å². The number of hydrogen-bond acceptors (Lipinski definition) is 5. The van der Waals surface area contributed by atoms with Gasteiger partial charge in [0.2, 0.25) is 5.89 Å². The third-order valence-electron chi connectivity index (χ3n) is 4.41. The van der Waals surface area contributed by atoms with Crippen LogP contribution < -0.4 is 10.1 Å². The molecule has 29 heavy (non-hydrogen) atoms. The summed E-state index contributed by atoms with van der Waals surface area (Å²) >= 11 is 0. The van der Waals surface area contributed by atoms with Gasteiger partial charge in [0, 0.05) is 12.0 Å². The van der Waals surface area contributed by atoms with E-state index in [4.69, 9.17) is 9.26 Å². The van der Waals surface area contributed by atoms with Gasteiger partial charge in [0.1, 0.15) is 5.75 Å². The Morgan fingerprint density at radius 2 is 1.72 bits per heavy atom. The number of rotatable bonds is 8. The maximum absolute atomic E-state index is 12.3. The van der Waals surface area contributed by atoms with Crippen LogP contribution in [0.5, 0.6) is 5.75 Å². The second-order valence-electron chi connectivity index (χ2n) is 7.55. The van der Waals surface area contributed by atoms with E-state index in [1.807, 2.05) is 13.8 Å². The van der Waals surface area contributed by atoms with E-state index in [0.717, 1.165) is 11.3 Å². The average molecular weight is 393 g/mol. The van der Waals surface area contributed by atoms with Crippen LogP contribution in [0.25, 0.3) is 0 Å². The Hall–Kier alpha value is -3.15. The number of amides is 1. The number of nitrogens with zero attached hydrogens (tertiary/aromatic N) is 2. The van der Waals surface area contributed by atoms with Crippen LogP contribution in [-0.4, -0.2) is 22.2 Å². The molecule has 1 aromatic heterocycles. The molecule has 6 nitrogen and oxygen atoms in total. The lowest BCUT2D eigenvalue weighted by molar-refractivity contribution is 0.0946. The van der Waals surface area contributed by atoms with E-state index in [9.17, 15) is 4.79 Å². The van der Waals surface area contributed by atoms with Crippen LogP contribution in [0.3, 0.4) is 0 Å². The molecule has 0 radical (unpaired) electrons. The lowest BCUT2D eigenvalue weighted by Gasteiger charge is -2.09. The number of aromatic nitrogens is 2. The van der Waals surface area contributed by atoms with Crippen LogP contribution in [0.15, 0.2) is 53.1 Å². The molecule has 3 aromatic rings. The van der Waals surface area contributed by atoms with Crippen molar-refractivity contribution in [3.8, 4) is 5.75 Å². The van der Waals surface area contributed by atoms with Gasteiger partial charge in [0.05, 0.1) is 12.6 Å². The first kappa shape index (κ1) is 20.6. The van der Waals surface area contributed by atoms with Crippen molar-refractivity contribution in [2.45, 2.75) is 52.7 Å². The highest BCUT2D eigenvalue weighted by molar-refractivity contribution is 5.94. The first-order chi connectivity index (χ1) is 13.9. The molecule has 1 N–H and O–H groups in total. The molecule has 6 heteroatoms. The molecule has 0 saturated carbocycles. The molecule has 1 amide bonds. The van der Waals surface area contributed by atoms with Gasteiger partial charge in [-0.15, -0.1) is 0 Å². The van der Waals surface area contributed by atoms with Crippen molar-refractivity contribution in [3.05, 3.63) is 76.9 Å². The molecule has 0 bridgehead atoms. The summed E-state index contributed by atoms with van der Waals surface area (Å²) in [6.07, 6.45) is 0.683. The normalized spacial score (nSPS) is 11.1. The molecule has 0 aliphatic carbocycles. The summed E-state index contributed by atoms with van der Waals surface area (Å²) < 4.78 is 10.8. The molecule has 152 valence electrons. The predicted octanol–water partition coefficient (Wildman–Crippen LogP) is 4.50. The number of carbonyl (C=O) groups is 1. The first-order valence-corrected chi connectivity index (χ1v) is 9.86. The van der Waals surface area contributed by atoms with Crippen LogP contribution in [0.2, 0.25) is 0 Å². The lowest BCUT2D eigenvalue weighted by atomic mass is 10.0. The molecule has 1 heterocycles. The zero-order valence-electron chi connectivity index (χ0n) is 17.3. The van der Waals surface area contributed by atoms with Crippen molar-refractivity contribution in [2.75, 3.05) is 0 Å². The van der Waals surface area contributed by atoms with Crippen molar-refractivity contribution in [1.82, 2.24) is 15.5 Å². The quantitative estimate of drug-likeness (QED) is 0.610. The Bertz CT molecular complexity index is 929. The summed E-state index contributed by atoms with van der Waals surface area (Å²) in [7, 11) is 0. The number of benzene rings is 2. The van der Waals surface area contributed by atoms with E-state index in [2.05, 4.69) is 53.6 Å². The first-order valence-electron chi connectivity index (χ1n) is 9.86. The lowest BCUT2D eigenvalue weighted by Crippen LogP contribution is -2.22. The highest BCUT2D eigenvalue weighted by Crippen LogP contribution is 2.16. The largest absolute Gasteiger partial charge is 0.491 e. The van der Waals surface area contributed by atoms with Gasteiger partial charge in [0.25, 0.3) is 5.91 Å². The van der Waals surface area contributed by atoms with Crippen molar-refractivity contribution < 1.29 is 14.1 Å². The Labute approximate surface area is 171 Å². The summed E-state index contributed by atoms with van der Waals surface area (Å²) in [6, 6.07) is 15.4. The van der Waals surface area contributed by atoms with Crippen molar-refractivity contribution in [3.63, 3.8) is 0 Å². The second kappa shape index (κ2) is 9.37. The van der Waals surface area contributed by atoms with E-state index in [1.54, 1.807) is 24.3 Å². The minimum atomic E-state index is -0.204. The van der Waals surface area contributed by atoms with Crippen molar-refractivity contribution in [2.24, 2.45) is 0 Å². The predicted molar refractivity (Wildman–Crippen MR) is 111 cm³/mol. The Kier molecular flexibility index (Phi) is 6.65. The maximum atomic E-state index is 12.3. The fourth-order valence-corrected chi connectivity index (χ4v) is 2.85. The minimum Gasteiger partial charge on any atom is -0.491 e. The highest BCUT2D eigenvalue weighted by atomic mass is 16.5. The van der Waals surface area contributed by atoms with Crippen LogP contribution in [0.1, 0.15) is 66.8 Å². The maximum Gasteiger partial charge on any atom is 0.251 e. The summed E-state index contributed by atoms with van der Waals surface area (Å²) in [4.78, 5) is 16.7. The summed E-state index contributed by atoms with van der Waals surface area (Å²) in [5, 5.41) is 6.80. The average Bonchev–Trinajstić information content (AvgIpc) is 3.14. The molecule has 2 aromatic carbocycles. The number of carbonyl (C=O) groups excluding carboxylic acids is 1. The molecular formula is C23H27N3O3. The smallest absolute Gasteiger partial charge is 0.251 e. The zero-order chi connectivity index (χ0) is 20.8. The van der Waals surface area contributed by atoms with Crippen molar-refractivity contribution in [1.29, 1.82) is 0 Å². The summed E-state index contributed by atoms with van der Waals surface area (Å²) in [5.41, 5.74) is 2.97. The fraction of sp³-hybridized carbons (Fsp3) is 0.348. The third-order valence-corrected chi connectivity index (χ3v) is 4.41. The minimum absolute atomic E-state index is 0.0922. The van der Waals surface area contributed by atoms with E-state index >= 15 is 0 Å². The van der Waals surface area contributed by atoms with Crippen LogP contribution in [0.4, 0.5) is 0 Å². The number of nitrogens with one attached hydrogen (secondary N) is 1. The standard InChI is InChI=1S/C23H27N3O3/c1-15(2)18-7-5-17(6-8-18)13-21-25-22(29-26-21)14-24-23(27)19-9-11-20(12-10-19)28-16(3)4/h5-12,15-16H,13-14H2,1-4H3,(H,24,27). The van der Waals surface area contributed by atoms with Gasteiger partial charge in [0.15, 0.2) is 5.82 Å². The molecule has 0 unspecified atom stereocenters. The summed E-state index contributed by atoms with van der Waals surface area (Å²) in [6.45, 7) is 8.44. The van der Waals surface area contributed by atoms with E-state index in [1.165, 1.54) is 5.56 Å². The van der Waals surface area contributed by atoms with Crippen LogP contribution in [-0.2, 0) is 13.0 Å². The number of ether oxygens (including phenoxy) is 1. The van der Waals surface area contributed by atoms with E-state index in [-0.39, 0.29) is 18.6 Å². The van der Waals surface area contributed by atoms with Gasteiger partial charge in [-0.3, -0.25) is 4.79 Å². The fourth-order valence-electron chi connectivity index (χ4n) is 2.85. The summed E-state index contributed by atoms with van der Waals surface area (Å²) in [5.74, 6) is 2.02. The molecule has 0 fully saturated rings. The van der Waals surface area contributed by atoms with Gasteiger partial charge in [-0.25, -0.2) is 0 Å². The second-order valence-corrected chi connectivity index (χ2v) is 7.55. The molecular weight excluding hydrogens is 366 g/mol. The van der Waals surface area contributed by atoms with Crippen molar-refractivity contribution >= 4 is 5.91 Å². The Morgan fingerprint density at radius 3 is 2.34 bits per heavy atom. The topological polar surface area (TPSA) is 77.2 Å². The molecule has 0 aliphatic heterocycles. The zero-order valence-corrected chi connectivity index (χ0v) is 17.3. The van der Waals surface area contributed by atoms with Crippen LogP contribution in [0, 0.1) is 0 Å². The van der Waals surface area contributed by atoms with Crippen LogP contribution >= 0.6 is 0 Å². The van der Waals surface area contributed by atoms with Gasteiger partial charge >= 0.3 is 0 Å².